The number of halogens is 1. The minimum absolute atomic E-state index is 0.483. The minimum Gasteiger partial charge on any atom is -0.379 e. The van der Waals surface area contributed by atoms with Crippen molar-refractivity contribution in [2.75, 3.05) is 44.7 Å². The van der Waals surface area contributed by atoms with E-state index in [0.29, 0.717) is 10.6 Å². The number of fused-ring (bicyclic) bond motifs is 1. The van der Waals surface area contributed by atoms with Crippen molar-refractivity contribution >= 4 is 57.0 Å². The Labute approximate surface area is 265 Å². The van der Waals surface area contributed by atoms with Crippen molar-refractivity contribution in [3.8, 4) is 17.2 Å². The third-order valence-corrected chi connectivity index (χ3v) is 9.83. The molecule has 2 N–H and O–H groups in total. The molecule has 0 spiro atoms. The van der Waals surface area contributed by atoms with Crippen LogP contribution in [-0.4, -0.2) is 49.3 Å². The second-order valence-electron chi connectivity index (χ2n) is 10.4. The predicted molar refractivity (Wildman–Crippen MR) is 179 cm³/mol. The average molecular weight is 626 g/mol. The quantitative estimate of drug-likeness (QED) is 0.143. The summed E-state index contributed by atoms with van der Waals surface area (Å²) in [7, 11) is 0. The fourth-order valence-electron chi connectivity index (χ4n) is 5.10. The number of nitrogens with one attached hydrogen (secondary N) is 2. The summed E-state index contributed by atoms with van der Waals surface area (Å²) in [5.41, 5.74) is 5.14. The largest absolute Gasteiger partial charge is 0.379 e. The Bertz CT molecular complexity index is 1730. The van der Waals surface area contributed by atoms with Crippen molar-refractivity contribution in [1.82, 2.24) is 15.2 Å². The number of hydrogen-bond donors (Lipinski definition) is 2. The number of ether oxygens (including phenoxy) is 1. The molecule has 2 aromatic heterocycles. The normalized spacial score (nSPS) is 13.7. The Morgan fingerprint density at radius 3 is 2.70 bits per heavy atom. The molecule has 6 nitrogen and oxygen atoms in total. The molecular formula is C34H32ClN5OS2. The van der Waals surface area contributed by atoms with Crippen LogP contribution in [-0.2, 0) is 11.3 Å². The number of rotatable bonds is 11. The van der Waals surface area contributed by atoms with Crippen LogP contribution in [0.1, 0.15) is 16.9 Å². The number of anilines is 2. The lowest BCUT2D eigenvalue weighted by molar-refractivity contribution is 0.0374. The Hall–Kier alpha value is -3.42. The number of nitrogens with zero attached hydrogens (tertiary/aromatic N) is 3. The highest BCUT2D eigenvalue weighted by Gasteiger charge is 2.13. The van der Waals surface area contributed by atoms with Crippen molar-refractivity contribution in [1.29, 1.82) is 5.26 Å². The molecular weight excluding hydrogens is 594 g/mol. The maximum Gasteiger partial charge on any atom is 0.103 e. The number of thiophene rings is 1. The van der Waals surface area contributed by atoms with Crippen molar-refractivity contribution in [3.63, 3.8) is 0 Å². The monoisotopic (exact) mass is 625 g/mol. The summed E-state index contributed by atoms with van der Waals surface area (Å²) < 4.78 is 5.43. The molecule has 6 rings (SSSR count). The van der Waals surface area contributed by atoms with Crippen LogP contribution < -0.4 is 10.6 Å². The first-order valence-electron chi connectivity index (χ1n) is 14.4. The van der Waals surface area contributed by atoms with Gasteiger partial charge in [0.05, 0.1) is 35.0 Å². The van der Waals surface area contributed by atoms with Crippen LogP contribution >= 0.6 is 34.7 Å². The van der Waals surface area contributed by atoms with Crippen LogP contribution in [0.25, 0.3) is 22.0 Å². The summed E-state index contributed by atoms with van der Waals surface area (Å²) >= 11 is 10.1. The lowest BCUT2D eigenvalue weighted by Gasteiger charge is -2.26. The molecule has 5 aromatic rings. The highest BCUT2D eigenvalue weighted by Crippen LogP contribution is 2.37. The van der Waals surface area contributed by atoms with Crippen molar-refractivity contribution in [2.24, 2.45) is 0 Å². The van der Waals surface area contributed by atoms with E-state index >= 15 is 0 Å². The second-order valence-corrected chi connectivity index (χ2v) is 12.9. The third-order valence-electron chi connectivity index (χ3n) is 7.38. The van der Waals surface area contributed by atoms with E-state index in [0.717, 1.165) is 90.0 Å². The third kappa shape index (κ3) is 7.57. The molecule has 0 unspecified atom stereocenters. The van der Waals surface area contributed by atoms with Crippen molar-refractivity contribution in [2.45, 2.75) is 22.8 Å². The van der Waals surface area contributed by atoms with Crippen LogP contribution in [0, 0.1) is 11.3 Å². The molecule has 3 heterocycles. The van der Waals surface area contributed by atoms with E-state index in [4.69, 9.17) is 16.3 Å². The van der Waals surface area contributed by atoms with Gasteiger partial charge in [-0.15, -0.1) is 11.3 Å². The standard InChI is InChI=1S/C34H32ClN5OS2/c35-31-19-27(8-10-33(31)43-28-5-2-1-3-6-28)39-34-26(20-36)21-38-32-18-24(7-9-30(32)34)25-17-29(42-23-25)22-37-11-4-12-40-13-15-41-16-14-40/h1-3,5-10,17-19,21,23,37H,4,11-16,22H2,(H,38,39). The molecule has 0 aliphatic carbocycles. The number of hydrogen-bond acceptors (Lipinski definition) is 8. The summed E-state index contributed by atoms with van der Waals surface area (Å²) in [4.78, 5) is 10.5. The number of benzene rings is 3. The number of nitriles is 1. The van der Waals surface area contributed by atoms with Gasteiger partial charge in [-0.3, -0.25) is 9.88 Å². The molecule has 1 saturated heterocycles. The first-order valence-corrected chi connectivity index (χ1v) is 16.4. The van der Waals surface area contributed by atoms with Gasteiger partial charge in [-0.2, -0.15) is 5.26 Å². The number of aromatic nitrogens is 1. The van der Waals surface area contributed by atoms with E-state index in [1.807, 2.05) is 42.5 Å². The van der Waals surface area contributed by atoms with Crippen LogP contribution in [0.5, 0.6) is 0 Å². The van der Waals surface area contributed by atoms with Gasteiger partial charge in [0, 0.05) is 51.6 Å². The van der Waals surface area contributed by atoms with Gasteiger partial charge in [-0.05, 0) is 78.5 Å². The maximum atomic E-state index is 9.85. The molecule has 0 radical (unpaired) electrons. The first kappa shape index (κ1) is 29.6. The molecule has 0 amide bonds. The molecule has 0 saturated carbocycles. The molecule has 3 aromatic carbocycles. The van der Waals surface area contributed by atoms with Gasteiger partial charge < -0.3 is 15.4 Å². The summed E-state index contributed by atoms with van der Waals surface area (Å²) in [5.74, 6) is 0. The van der Waals surface area contributed by atoms with Crippen LogP contribution in [0.15, 0.2) is 94.2 Å². The van der Waals surface area contributed by atoms with Gasteiger partial charge in [0.1, 0.15) is 6.07 Å². The van der Waals surface area contributed by atoms with Crippen LogP contribution in [0.4, 0.5) is 11.4 Å². The van der Waals surface area contributed by atoms with E-state index in [1.165, 1.54) is 10.4 Å². The summed E-state index contributed by atoms with van der Waals surface area (Å²) in [5, 5.41) is 20.6. The summed E-state index contributed by atoms with van der Waals surface area (Å²) in [6.45, 7) is 6.77. The zero-order chi connectivity index (χ0) is 29.4. The van der Waals surface area contributed by atoms with Gasteiger partial charge >= 0.3 is 0 Å². The lowest BCUT2D eigenvalue weighted by atomic mass is 10.0. The topological polar surface area (TPSA) is 73.2 Å². The van der Waals surface area contributed by atoms with E-state index in [2.05, 4.69) is 62.3 Å². The second kappa shape index (κ2) is 14.4. The summed E-state index contributed by atoms with van der Waals surface area (Å²) in [6.07, 6.45) is 2.77. The predicted octanol–water partition coefficient (Wildman–Crippen LogP) is 8.20. The Kier molecular flexibility index (Phi) is 9.90. The molecule has 218 valence electrons. The van der Waals surface area contributed by atoms with Gasteiger partial charge in [-0.25, -0.2) is 0 Å². The average Bonchev–Trinajstić information content (AvgIpc) is 3.52. The van der Waals surface area contributed by atoms with Crippen LogP contribution in [0.2, 0.25) is 5.02 Å². The fourth-order valence-corrected chi connectivity index (χ4v) is 7.10. The molecule has 43 heavy (non-hydrogen) atoms. The maximum absolute atomic E-state index is 9.85. The summed E-state index contributed by atoms with van der Waals surface area (Å²) in [6, 6.07) is 26.8. The zero-order valence-electron chi connectivity index (χ0n) is 23.7. The molecule has 0 bridgehead atoms. The fraction of sp³-hybridized carbons (Fsp3) is 0.235. The molecule has 1 aliphatic heterocycles. The van der Waals surface area contributed by atoms with E-state index < -0.39 is 0 Å². The van der Waals surface area contributed by atoms with Gasteiger partial charge in [0.25, 0.3) is 0 Å². The van der Waals surface area contributed by atoms with E-state index in [1.54, 1.807) is 29.3 Å². The number of pyridine rings is 1. The smallest absolute Gasteiger partial charge is 0.103 e. The van der Waals surface area contributed by atoms with E-state index in [-0.39, 0.29) is 0 Å². The molecule has 9 heteroatoms. The van der Waals surface area contributed by atoms with Crippen LogP contribution in [0.3, 0.4) is 0 Å². The molecule has 0 atom stereocenters. The minimum atomic E-state index is 0.483. The highest BCUT2D eigenvalue weighted by molar-refractivity contribution is 7.99. The number of morpholine rings is 1. The lowest BCUT2D eigenvalue weighted by Crippen LogP contribution is -2.37. The molecule has 1 aliphatic rings. The van der Waals surface area contributed by atoms with Crippen molar-refractivity contribution < 1.29 is 4.74 Å². The van der Waals surface area contributed by atoms with E-state index in [9.17, 15) is 5.26 Å². The van der Waals surface area contributed by atoms with Gasteiger partial charge in [-0.1, -0.05) is 53.7 Å². The van der Waals surface area contributed by atoms with Gasteiger partial charge in [0.2, 0.25) is 0 Å². The van der Waals surface area contributed by atoms with Crippen molar-refractivity contribution in [3.05, 3.63) is 99.8 Å². The molecule has 1 fully saturated rings. The zero-order valence-corrected chi connectivity index (χ0v) is 26.1. The Balaban J connectivity index is 1.13. The Morgan fingerprint density at radius 1 is 1.02 bits per heavy atom. The Morgan fingerprint density at radius 2 is 1.88 bits per heavy atom. The first-order chi connectivity index (χ1) is 21.2. The SMILES string of the molecule is N#Cc1cnc2cc(-c3csc(CNCCCN4CCOCC4)c3)ccc2c1Nc1ccc(Sc2ccccc2)c(Cl)c1. The van der Waals surface area contributed by atoms with Gasteiger partial charge in [0.15, 0.2) is 0 Å². The highest BCUT2D eigenvalue weighted by atomic mass is 35.5.